The third kappa shape index (κ3) is 3.52. The fraction of sp³-hybridized carbons (Fsp3) is 0.0833. The van der Waals surface area contributed by atoms with Crippen LogP contribution in [0, 0.1) is 5.82 Å². The third-order valence-electron chi connectivity index (χ3n) is 5.36. The van der Waals surface area contributed by atoms with Gasteiger partial charge in [0.1, 0.15) is 17.3 Å². The Morgan fingerprint density at radius 1 is 1.15 bits per heavy atom. The predicted molar refractivity (Wildman–Crippen MR) is 122 cm³/mol. The summed E-state index contributed by atoms with van der Waals surface area (Å²) in [7, 11) is 1.55. The lowest BCUT2D eigenvalue weighted by molar-refractivity contribution is -0.132. The average Bonchev–Trinajstić information content (AvgIpc) is 3.37. The highest BCUT2D eigenvalue weighted by atomic mass is 32.1. The van der Waals surface area contributed by atoms with E-state index in [1.807, 2.05) is 0 Å². The topological polar surface area (TPSA) is 92.6 Å². The van der Waals surface area contributed by atoms with E-state index in [1.54, 1.807) is 37.4 Å². The van der Waals surface area contributed by atoms with Crippen LogP contribution >= 0.6 is 11.3 Å². The van der Waals surface area contributed by atoms with Crippen LogP contribution in [0.1, 0.15) is 17.2 Å². The normalized spacial score (nSPS) is 17.6. The molecule has 1 N–H and O–H groups in total. The molecule has 2 aromatic carbocycles. The number of anilines is 1. The van der Waals surface area contributed by atoms with E-state index in [0.717, 1.165) is 4.70 Å². The van der Waals surface area contributed by atoms with E-state index in [1.165, 1.54) is 52.9 Å². The van der Waals surface area contributed by atoms with Gasteiger partial charge in [0.05, 0.1) is 28.9 Å². The van der Waals surface area contributed by atoms with Crippen LogP contribution in [-0.2, 0) is 9.59 Å². The maximum absolute atomic E-state index is 13.6. The SMILES string of the molecule is COc1ccc2nc(N3C(=O)C(=O)/C(=C(/O)c4cccnc4)C3c3ccc(F)cc3)sc2c1. The Morgan fingerprint density at radius 3 is 2.64 bits per heavy atom. The van der Waals surface area contributed by atoms with Crippen molar-refractivity contribution in [3.63, 3.8) is 0 Å². The van der Waals surface area contributed by atoms with E-state index in [4.69, 9.17) is 4.74 Å². The number of fused-ring (bicyclic) bond motifs is 1. The van der Waals surface area contributed by atoms with E-state index in [9.17, 15) is 19.1 Å². The fourth-order valence-electron chi connectivity index (χ4n) is 3.77. The molecule has 1 amide bonds. The molecule has 2 aromatic heterocycles. The van der Waals surface area contributed by atoms with E-state index >= 15 is 0 Å². The van der Waals surface area contributed by atoms with Crippen molar-refractivity contribution >= 4 is 44.1 Å². The van der Waals surface area contributed by atoms with Gasteiger partial charge in [-0.05, 0) is 48.0 Å². The van der Waals surface area contributed by atoms with Crippen LogP contribution in [0.5, 0.6) is 5.75 Å². The Balaban J connectivity index is 1.72. The lowest BCUT2D eigenvalue weighted by Gasteiger charge is -2.22. The number of methoxy groups -OCH3 is 1. The van der Waals surface area contributed by atoms with Crippen molar-refractivity contribution in [2.24, 2.45) is 0 Å². The summed E-state index contributed by atoms with van der Waals surface area (Å²) in [5.74, 6) is -1.88. The number of aliphatic hydroxyl groups is 1. The van der Waals surface area contributed by atoms with Crippen LogP contribution in [0.4, 0.5) is 9.52 Å². The van der Waals surface area contributed by atoms with Crippen LogP contribution in [-0.4, -0.2) is 33.9 Å². The molecule has 33 heavy (non-hydrogen) atoms. The average molecular weight is 461 g/mol. The van der Waals surface area contributed by atoms with E-state index in [2.05, 4.69) is 9.97 Å². The number of hydrogen-bond donors (Lipinski definition) is 1. The molecule has 5 rings (SSSR count). The first kappa shape index (κ1) is 20.8. The second-order valence-electron chi connectivity index (χ2n) is 7.29. The van der Waals surface area contributed by atoms with Crippen molar-refractivity contribution in [1.82, 2.24) is 9.97 Å². The first-order valence-electron chi connectivity index (χ1n) is 9.89. The molecule has 1 fully saturated rings. The molecular weight excluding hydrogens is 445 g/mol. The zero-order valence-electron chi connectivity index (χ0n) is 17.2. The second kappa shape index (κ2) is 8.10. The van der Waals surface area contributed by atoms with Crippen LogP contribution in [0.15, 0.2) is 72.6 Å². The summed E-state index contributed by atoms with van der Waals surface area (Å²) in [6.45, 7) is 0. The molecule has 1 saturated heterocycles. The number of Topliss-reactive ketones (excluding diaryl/α,β-unsaturated/α-hetero) is 1. The quantitative estimate of drug-likeness (QED) is 0.274. The van der Waals surface area contributed by atoms with Gasteiger partial charge in [-0.2, -0.15) is 0 Å². The molecule has 4 aromatic rings. The standard InChI is InChI=1S/C24H16FN3O4S/c1-32-16-8-9-17-18(11-16)33-24(27-17)28-20(13-4-6-15(25)7-5-13)19(22(30)23(28)31)21(29)14-3-2-10-26-12-14/h2-12,20,29H,1H3/b21-19+. The molecule has 0 spiro atoms. The molecule has 0 bridgehead atoms. The Bertz CT molecular complexity index is 1420. The maximum atomic E-state index is 13.6. The molecule has 1 aliphatic heterocycles. The minimum Gasteiger partial charge on any atom is -0.507 e. The number of nitrogens with zero attached hydrogens (tertiary/aromatic N) is 3. The monoisotopic (exact) mass is 461 g/mol. The van der Waals surface area contributed by atoms with Crippen molar-refractivity contribution < 1.29 is 23.8 Å². The third-order valence-corrected chi connectivity index (χ3v) is 6.37. The number of aromatic nitrogens is 2. The van der Waals surface area contributed by atoms with Gasteiger partial charge in [-0.3, -0.25) is 19.5 Å². The summed E-state index contributed by atoms with van der Waals surface area (Å²) < 4.78 is 19.7. The first-order chi connectivity index (χ1) is 16.0. The van der Waals surface area contributed by atoms with Crippen LogP contribution in [0.25, 0.3) is 16.0 Å². The highest BCUT2D eigenvalue weighted by Crippen LogP contribution is 2.44. The Labute approximate surface area is 191 Å². The zero-order valence-corrected chi connectivity index (χ0v) is 18.0. The molecule has 1 aliphatic rings. The van der Waals surface area contributed by atoms with Gasteiger partial charge in [0.25, 0.3) is 5.78 Å². The van der Waals surface area contributed by atoms with Gasteiger partial charge in [-0.1, -0.05) is 23.5 Å². The maximum Gasteiger partial charge on any atom is 0.301 e. The van der Waals surface area contributed by atoms with Gasteiger partial charge < -0.3 is 9.84 Å². The number of carbonyl (C=O) groups is 2. The smallest absolute Gasteiger partial charge is 0.301 e. The summed E-state index contributed by atoms with van der Waals surface area (Å²) in [4.78, 5) is 36.1. The number of amides is 1. The summed E-state index contributed by atoms with van der Waals surface area (Å²) in [5.41, 5.74) is 1.26. The van der Waals surface area contributed by atoms with E-state index < -0.39 is 23.5 Å². The van der Waals surface area contributed by atoms with Gasteiger partial charge in [0.15, 0.2) is 5.13 Å². The summed E-state index contributed by atoms with van der Waals surface area (Å²) in [6, 6.07) is 12.9. The highest BCUT2D eigenvalue weighted by molar-refractivity contribution is 7.22. The van der Waals surface area contributed by atoms with Crippen molar-refractivity contribution in [2.45, 2.75) is 6.04 Å². The van der Waals surface area contributed by atoms with Gasteiger partial charge >= 0.3 is 5.91 Å². The number of pyridine rings is 1. The molecule has 1 unspecified atom stereocenters. The molecule has 164 valence electrons. The Kier molecular flexibility index (Phi) is 5.10. The largest absolute Gasteiger partial charge is 0.507 e. The molecule has 0 radical (unpaired) electrons. The van der Waals surface area contributed by atoms with Crippen LogP contribution in [0.2, 0.25) is 0 Å². The van der Waals surface area contributed by atoms with Crippen molar-refractivity contribution in [1.29, 1.82) is 0 Å². The fourth-order valence-corrected chi connectivity index (χ4v) is 4.79. The molecule has 0 saturated carbocycles. The Hall–Kier alpha value is -4.11. The molecule has 7 nitrogen and oxygen atoms in total. The second-order valence-corrected chi connectivity index (χ2v) is 8.30. The summed E-state index contributed by atoms with van der Waals surface area (Å²) in [6.07, 6.45) is 2.93. The van der Waals surface area contributed by atoms with E-state index in [0.29, 0.717) is 16.8 Å². The van der Waals surface area contributed by atoms with Gasteiger partial charge in [0.2, 0.25) is 0 Å². The number of aliphatic hydroxyl groups excluding tert-OH is 1. The molecule has 0 aliphatic carbocycles. The minimum atomic E-state index is -0.992. The number of rotatable bonds is 4. The lowest BCUT2D eigenvalue weighted by atomic mass is 9.96. The Morgan fingerprint density at radius 2 is 1.94 bits per heavy atom. The van der Waals surface area contributed by atoms with Crippen LogP contribution in [0.3, 0.4) is 0 Å². The number of benzene rings is 2. The van der Waals surface area contributed by atoms with Crippen molar-refractivity contribution in [3.05, 3.63) is 89.5 Å². The number of thiazole rings is 1. The van der Waals surface area contributed by atoms with Gasteiger partial charge in [0, 0.05) is 18.0 Å². The number of carbonyl (C=O) groups excluding carboxylic acids is 2. The molecule has 9 heteroatoms. The van der Waals surface area contributed by atoms with Crippen molar-refractivity contribution in [3.8, 4) is 5.75 Å². The molecular formula is C24H16FN3O4S. The minimum absolute atomic E-state index is 0.114. The number of ether oxygens (including phenoxy) is 1. The molecule has 3 heterocycles. The predicted octanol–water partition coefficient (Wildman–Crippen LogP) is 4.47. The lowest BCUT2D eigenvalue weighted by Crippen LogP contribution is -2.29. The number of halogens is 1. The van der Waals surface area contributed by atoms with Gasteiger partial charge in [-0.25, -0.2) is 9.37 Å². The molecule has 1 atom stereocenters. The summed E-state index contributed by atoms with van der Waals surface area (Å²) >= 11 is 1.21. The highest BCUT2D eigenvalue weighted by Gasteiger charge is 2.48. The number of hydrogen-bond acceptors (Lipinski definition) is 7. The van der Waals surface area contributed by atoms with E-state index in [-0.39, 0.29) is 22.0 Å². The zero-order chi connectivity index (χ0) is 23.1. The summed E-state index contributed by atoms with van der Waals surface area (Å²) in [5, 5.41) is 11.3. The van der Waals surface area contributed by atoms with Crippen molar-refractivity contribution in [2.75, 3.05) is 12.0 Å². The van der Waals surface area contributed by atoms with Gasteiger partial charge in [-0.15, -0.1) is 0 Å². The number of ketones is 1. The first-order valence-corrected chi connectivity index (χ1v) is 10.7. The van der Waals surface area contributed by atoms with Crippen LogP contribution < -0.4 is 9.64 Å².